The van der Waals surface area contributed by atoms with E-state index in [1.54, 1.807) is 15.4 Å². The van der Waals surface area contributed by atoms with Crippen LogP contribution in [0.4, 0.5) is 5.69 Å². The van der Waals surface area contributed by atoms with Crippen LogP contribution in [0.5, 0.6) is 0 Å². The molecule has 0 N–H and O–H groups in total. The van der Waals surface area contributed by atoms with Crippen molar-refractivity contribution in [3.8, 4) is 11.4 Å². The predicted octanol–water partition coefficient (Wildman–Crippen LogP) is 2.40. The molecule has 116 valence electrons. The van der Waals surface area contributed by atoms with Crippen molar-refractivity contribution in [2.45, 2.75) is 0 Å². The van der Waals surface area contributed by atoms with E-state index in [-0.39, 0.29) is 5.28 Å². The van der Waals surface area contributed by atoms with E-state index in [9.17, 15) is 0 Å². The number of aryl methyl sites for hydroxylation is 1. The molecule has 0 saturated heterocycles. The van der Waals surface area contributed by atoms with Crippen LogP contribution < -0.4 is 4.90 Å². The molecule has 8 heteroatoms. The van der Waals surface area contributed by atoms with E-state index in [1.807, 2.05) is 50.4 Å². The number of rotatable bonds is 2. The Morgan fingerprint density at radius 2 is 2.00 bits per heavy atom. The van der Waals surface area contributed by atoms with Crippen molar-refractivity contribution in [2.24, 2.45) is 7.05 Å². The lowest BCUT2D eigenvalue weighted by Crippen LogP contribution is -2.10. The highest BCUT2D eigenvalue weighted by Gasteiger charge is 2.16. The van der Waals surface area contributed by atoms with Crippen molar-refractivity contribution in [3.05, 3.63) is 35.9 Å². The van der Waals surface area contributed by atoms with Crippen LogP contribution in [-0.2, 0) is 7.05 Å². The SMILES string of the molecule is CN(C)c1cccc2c1nc(Cl)n1nc(-c3cnn(C)c3)nc21. The van der Waals surface area contributed by atoms with Gasteiger partial charge in [-0.15, -0.1) is 5.10 Å². The highest BCUT2D eigenvalue weighted by Crippen LogP contribution is 2.29. The van der Waals surface area contributed by atoms with Crippen LogP contribution in [0, 0.1) is 0 Å². The van der Waals surface area contributed by atoms with Crippen LogP contribution in [0.15, 0.2) is 30.6 Å². The Morgan fingerprint density at radius 1 is 1.17 bits per heavy atom. The van der Waals surface area contributed by atoms with Gasteiger partial charge in [-0.2, -0.15) is 9.61 Å². The number of fused-ring (bicyclic) bond motifs is 3. The van der Waals surface area contributed by atoms with E-state index < -0.39 is 0 Å². The van der Waals surface area contributed by atoms with Crippen molar-refractivity contribution in [1.29, 1.82) is 0 Å². The monoisotopic (exact) mass is 327 g/mol. The third kappa shape index (κ3) is 2.12. The first-order valence-corrected chi connectivity index (χ1v) is 7.44. The molecule has 4 aromatic rings. The highest BCUT2D eigenvalue weighted by molar-refractivity contribution is 6.29. The van der Waals surface area contributed by atoms with Crippen LogP contribution >= 0.6 is 11.6 Å². The molecule has 0 aliphatic carbocycles. The van der Waals surface area contributed by atoms with Gasteiger partial charge in [0.25, 0.3) is 0 Å². The van der Waals surface area contributed by atoms with Crippen LogP contribution in [0.2, 0.25) is 5.28 Å². The Labute approximate surface area is 137 Å². The van der Waals surface area contributed by atoms with E-state index in [1.165, 1.54) is 0 Å². The molecule has 0 unspecified atom stereocenters. The Balaban J connectivity index is 2.06. The molecule has 0 atom stereocenters. The zero-order chi connectivity index (χ0) is 16.1. The van der Waals surface area contributed by atoms with E-state index >= 15 is 0 Å². The largest absolute Gasteiger partial charge is 0.376 e. The van der Waals surface area contributed by atoms with E-state index in [0.29, 0.717) is 11.5 Å². The lowest BCUT2D eigenvalue weighted by Gasteiger charge is -2.14. The summed E-state index contributed by atoms with van der Waals surface area (Å²) in [4.78, 5) is 11.1. The molecule has 0 amide bonds. The average Bonchev–Trinajstić information content (AvgIpc) is 3.13. The topological polar surface area (TPSA) is 64.1 Å². The van der Waals surface area contributed by atoms with Gasteiger partial charge in [0.15, 0.2) is 11.5 Å². The van der Waals surface area contributed by atoms with Crippen LogP contribution in [0.3, 0.4) is 0 Å². The van der Waals surface area contributed by atoms with Gasteiger partial charge in [0.2, 0.25) is 5.28 Å². The van der Waals surface area contributed by atoms with Crippen LogP contribution in [-0.4, -0.2) is 43.5 Å². The van der Waals surface area contributed by atoms with Crippen molar-refractivity contribution in [2.75, 3.05) is 19.0 Å². The summed E-state index contributed by atoms with van der Waals surface area (Å²) in [7, 11) is 5.80. The van der Waals surface area contributed by atoms with Gasteiger partial charge in [0.05, 0.1) is 17.4 Å². The van der Waals surface area contributed by atoms with Gasteiger partial charge in [-0.3, -0.25) is 4.68 Å². The van der Waals surface area contributed by atoms with E-state index in [0.717, 1.165) is 22.2 Å². The molecule has 0 bridgehead atoms. The zero-order valence-electron chi connectivity index (χ0n) is 12.9. The fraction of sp³-hybridized carbons (Fsp3) is 0.200. The maximum atomic E-state index is 6.33. The van der Waals surface area contributed by atoms with Crippen LogP contribution in [0.25, 0.3) is 27.9 Å². The molecule has 23 heavy (non-hydrogen) atoms. The molecule has 0 fully saturated rings. The van der Waals surface area contributed by atoms with Crippen molar-refractivity contribution >= 4 is 33.8 Å². The average molecular weight is 328 g/mol. The first kappa shape index (κ1) is 14.0. The summed E-state index contributed by atoms with van der Waals surface area (Å²) in [6, 6.07) is 5.95. The predicted molar refractivity (Wildman–Crippen MR) is 89.8 cm³/mol. The lowest BCUT2D eigenvalue weighted by molar-refractivity contribution is 0.768. The van der Waals surface area contributed by atoms with Crippen LogP contribution in [0.1, 0.15) is 0 Å². The maximum absolute atomic E-state index is 6.33. The maximum Gasteiger partial charge on any atom is 0.226 e. The highest BCUT2D eigenvalue weighted by atomic mass is 35.5. The Morgan fingerprint density at radius 3 is 2.70 bits per heavy atom. The molecular formula is C15H14ClN7. The minimum Gasteiger partial charge on any atom is -0.376 e. The van der Waals surface area contributed by atoms with Crippen molar-refractivity contribution < 1.29 is 0 Å². The Hall–Kier alpha value is -2.67. The molecular weight excluding hydrogens is 314 g/mol. The number of halogens is 1. The second-order valence-corrected chi connectivity index (χ2v) is 5.86. The summed E-state index contributed by atoms with van der Waals surface area (Å²) < 4.78 is 3.27. The first-order valence-electron chi connectivity index (χ1n) is 7.06. The summed E-state index contributed by atoms with van der Waals surface area (Å²) in [5.41, 5.74) is 3.31. The minimum absolute atomic E-state index is 0.282. The van der Waals surface area contributed by atoms with Gasteiger partial charge < -0.3 is 4.90 Å². The molecule has 1 aromatic carbocycles. The van der Waals surface area contributed by atoms with E-state index in [4.69, 9.17) is 11.6 Å². The Bertz CT molecular complexity index is 1030. The molecule has 7 nitrogen and oxygen atoms in total. The number of benzene rings is 1. The number of nitrogens with zero attached hydrogens (tertiary/aromatic N) is 7. The normalized spacial score (nSPS) is 11.5. The molecule has 0 aliphatic heterocycles. The molecule has 0 radical (unpaired) electrons. The van der Waals surface area contributed by atoms with Gasteiger partial charge in [0.1, 0.15) is 5.52 Å². The van der Waals surface area contributed by atoms with Crippen molar-refractivity contribution in [3.63, 3.8) is 0 Å². The number of anilines is 1. The second-order valence-electron chi connectivity index (χ2n) is 5.52. The van der Waals surface area contributed by atoms with Gasteiger partial charge in [-0.1, -0.05) is 6.07 Å². The quantitative estimate of drug-likeness (QED) is 0.529. The number of para-hydroxylation sites is 1. The standard InChI is InChI=1S/C15H14ClN7/c1-21(2)11-6-4-5-10-12(11)18-15(16)23-14(10)19-13(20-23)9-7-17-22(3)8-9/h4-8H,1-3H3. The van der Waals surface area contributed by atoms with Gasteiger partial charge in [0, 0.05) is 32.7 Å². The number of hydrogen-bond donors (Lipinski definition) is 0. The molecule has 3 heterocycles. The number of aromatic nitrogens is 6. The second kappa shape index (κ2) is 4.92. The lowest BCUT2D eigenvalue weighted by atomic mass is 10.2. The summed E-state index contributed by atoms with van der Waals surface area (Å²) in [5, 5.41) is 9.81. The fourth-order valence-corrected chi connectivity index (χ4v) is 2.81. The van der Waals surface area contributed by atoms with E-state index in [2.05, 4.69) is 20.2 Å². The summed E-state index contributed by atoms with van der Waals surface area (Å²) in [5.74, 6) is 0.574. The summed E-state index contributed by atoms with van der Waals surface area (Å²) in [6.07, 6.45) is 3.59. The van der Waals surface area contributed by atoms with Gasteiger partial charge in [-0.05, 0) is 23.7 Å². The van der Waals surface area contributed by atoms with Gasteiger partial charge >= 0.3 is 0 Å². The smallest absolute Gasteiger partial charge is 0.226 e. The molecule has 0 aliphatic rings. The third-order valence-corrected chi connectivity index (χ3v) is 3.93. The summed E-state index contributed by atoms with van der Waals surface area (Å²) >= 11 is 6.33. The Kier molecular flexibility index (Phi) is 2.99. The van der Waals surface area contributed by atoms with Gasteiger partial charge in [-0.25, -0.2) is 9.97 Å². The molecule has 4 rings (SSSR count). The summed E-state index contributed by atoms with van der Waals surface area (Å²) in [6.45, 7) is 0. The molecule has 0 spiro atoms. The fourth-order valence-electron chi connectivity index (χ4n) is 2.60. The third-order valence-electron chi connectivity index (χ3n) is 3.69. The molecule has 0 saturated carbocycles. The molecule has 3 aromatic heterocycles. The zero-order valence-corrected chi connectivity index (χ0v) is 13.7. The first-order chi connectivity index (χ1) is 11.0. The number of hydrogen-bond acceptors (Lipinski definition) is 5. The van der Waals surface area contributed by atoms with Crippen molar-refractivity contribution in [1.82, 2.24) is 29.4 Å². The minimum atomic E-state index is 0.282.